The number of para-hydroxylation sites is 1. The van der Waals surface area contributed by atoms with E-state index < -0.39 is 0 Å². The maximum absolute atomic E-state index is 12.5. The molecule has 1 aliphatic rings. The molecule has 0 saturated carbocycles. The molecule has 1 aromatic carbocycles. The van der Waals surface area contributed by atoms with Gasteiger partial charge in [0, 0.05) is 24.5 Å². The number of benzene rings is 1. The molecular formula is C15H19ClN2O2. The summed E-state index contributed by atoms with van der Waals surface area (Å²) in [6.07, 6.45) is 3.60. The highest BCUT2D eigenvalue weighted by Crippen LogP contribution is 2.23. The fourth-order valence-corrected chi connectivity index (χ4v) is 2.69. The van der Waals surface area contributed by atoms with Crippen molar-refractivity contribution < 1.29 is 9.21 Å². The number of nitrogens with zero attached hydrogens (tertiary/aromatic N) is 1. The summed E-state index contributed by atoms with van der Waals surface area (Å²) in [6.45, 7) is 1.62. The minimum atomic E-state index is 0. The van der Waals surface area contributed by atoms with Gasteiger partial charge in [0.15, 0.2) is 0 Å². The third-order valence-electron chi connectivity index (χ3n) is 3.90. The van der Waals surface area contributed by atoms with Gasteiger partial charge in [0.1, 0.15) is 11.8 Å². The summed E-state index contributed by atoms with van der Waals surface area (Å²) in [5.74, 6) is 0.0829. The number of likely N-dealkylation sites (tertiary alicyclic amines) is 1. The Hall–Kier alpha value is -1.52. The maximum atomic E-state index is 12.5. The normalized spacial score (nSPS) is 16.1. The second kappa shape index (κ2) is 6.29. The number of halogens is 1. The SMILES string of the molecule is CNC1CCN(C(=O)c2coc3ccccc23)CC1.Cl. The molecule has 0 unspecified atom stereocenters. The van der Waals surface area contributed by atoms with E-state index in [4.69, 9.17) is 4.42 Å². The predicted octanol–water partition coefficient (Wildman–Crippen LogP) is 2.68. The van der Waals surface area contributed by atoms with E-state index in [-0.39, 0.29) is 18.3 Å². The first-order chi connectivity index (χ1) is 9.29. The van der Waals surface area contributed by atoms with E-state index in [0.29, 0.717) is 11.6 Å². The summed E-state index contributed by atoms with van der Waals surface area (Å²) in [6, 6.07) is 8.21. The van der Waals surface area contributed by atoms with Crippen LogP contribution in [0.2, 0.25) is 0 Å². The summed E-state index contributed by atoms with van der Waals surface area (Å²) in [7, 11) is 1.98. The zero-order valence-electron chi connectivity index (χ0n) is 11.5. The lowest BCUT2D eigenvalue weighted by Crippen LogP contribution is -2.43. The average molecular weight is 295 g/mol. The van der Waals surface area contributed by atoms with Crippen LogP contribution >= 0.6 is 12.4 Å². The van der Waals surface area contributed by atoms with Crippen LogP contribution < -0.4 is 5.32 Å². The van der Waals surface area contributed by atoms with Crippen molar-refractivity contribution in [1.82, 2.24) is 10.2 Å². The summed E-state index contributed by atoms with van der Waals surface area (Å²) < 4.78 is 5.44. The van der Waals surface area contributed by atoms with E-state index in [1.807, 2.05) is 36.2 Å². The van der Waals surface area contributed by atoms with Crippen molar-refractivity contribution in [3.63, 3.8) is 0 Å². The maximum Gasteiger partial charge on any atom is 0.257 e. The van der Waals surface area contributed by atoms with Crippen LogP contribution in [0, 0.1) is 0 Å². The van der Waals surface area contributed by atoms with Gasteiger partial charge in [-0.15, -0.1) is 12.4 Å². The van der Waals surface area contributed by atoms with Gasteiger partial charge < -0.3 is 14.6 Å². The Morgan fingerprint density at radius 1 is 1.30 bits per heavy atom. The van der Waals surface area contributed by atoms with Crippen molar-refractivity contribution in [3.8, 4) is 0 Å². The van der Waals surface area contributed by atoms with Gasteiger partial charge >= 0.3 is 0 Å². The molecule has 1 aromatic heterocycles. The molecule has 20 heavy (non-hydrogen) atoms. The smallest absolute Gasteiger partial charge is 0.257 e. The van der Waals surface area contributed by atoms with Crippen molar-refractivity contribution in [2.24, 2.45) is 0 Å². The molecule has 2 heterocycles. The topological polar surface area (TPSA) is 45.5 Å². The van der Waals surface area contributed by atoms with Crippen LogP contribution in [0.25, 0.3) is 11.0 Å². The Balaban J connectivity index is 0.00000147. The Kier molecular flexibility index (Phi) is 4.68. The summed E-state index contributed by atoms with van der Waals surface area (Å²) in [4.78, 5) is 14.4. The number of carbonyl (C=O) groups excluding carboxylic acids is 1. The Bertz CT molecular complexity index is 588. The van der Waals surface area contributed by atoms with Crippen molar-refractivity contribution in [1.29, 1.82) is 0 Å². The largest absolute Gasteiger partial charge is 0.463 e. The van der Waals surface area contributed by atoms with Crippen molar-refractivity contribution in [3.05, 3.63) is 36.1 Å². The molecule has 1 amide bonds. The standard InChI is InChI=1S/C15H18N2O2.ClH/c1-16-11-6-8-17(9-7-11)15(18)13-10-19-14-5-3-2-4-12(13)14;/h2-5,10-11,16H,6-9H2,1H3;1H. The van der Waals surface area contributed by atoms with Crippen LogP contribution in [0.5, 0.6) is 0 Å². The van der Waals surface area contributed by atoms with Gasteiger partial charge in [0.2, 0.25) is 0 Å². The highest BCUT2D eigenvalue weighted by molar-refractivity contribution is 6.05. The fraction of sp³-hybridized carbons (Fsp3) is 0.400. The highest BCUT2D eigenvalue weighted by Gasteiger charge is 2.24. The van der Waals surface area contributed by atoms with E-state index >= 15 is 0 Å². The molecule has 0 radical (unpaired) electrons. The molecule has 3 rings (SSSR count). The molecule has 0 aliphatic carbocycles. The molecule has 0 atom stereocenters. The molecule has 2 aromatic rings. The molecule has 1 saturated heterocycles. The quantitative estimate of drug-likeness (QED) is 0.926. The lowest BCUT2D eigenvalue weighted by Gasteiger charge is -2.31. The van der Waals surface area contributed by atoms with Crippen LogP contribution in [0.4, 0.5) is 0 Å². The Morgan fingerprint density at radius 3 is 2.70 bits per heavy atom. The molecule has 108 valence electrons. The number of piperidine rings is 1. The molecule has 1 aliphatic heterocycles. The fourth-order valence-electron chi connectivity index (χ4n) is 2.69. The van der Waals surface area contributed by atoms with Gasteiger partial charge in [0.25, 0.3) is 5.91 Å². The second-order valence-electron chi connectivity index (χ2n) is 5.00. The van der Waals surface area contributed by atoms with Crippen LogP contribution in [-0.2, 0) is 0 Å². The second-order valence-corrected chi connectivity index (χ2v) is 5.00. The van der Waals surface area contributed by atoms with E-state index in [0.717, 1.165) is 36.9 Å². The number of hydrogen-bond donors (Lipinski definition) is 1. The van der Waals surface area contributed by atoms with E-state index in [2.05, 4.69) is 5.32 Å². The molecule has 0 bridgehead atoms. The van der Waals surface area contributed by atoms with Gasteiger partial charge in [-0.25, -0.2) is 0 Å². The van der Waals surface area contributed by atoms with Crippen LogP contribution in [-0.4, -0.2) is 37.0 Å². The Labute approximate surface area is 124 Å². The van der Waals surface area contributed by atoms with Gasteiger partial charge in [0.05, 0.1) is 5.56 Å². The first kappa shape index (κ1) is 14.9. The number of hydrogen-bond acceptors (Lipinski definition) is 3. The van der Waals surface area contributed by atoms with Crippen LogP contribution in [0.15, 0.2) is 34.9 Å². The zero-order valence-corrected chi connectivity index (χ0v) is 12.3. The minimum absolute atomic E-state index is 0. The van der Waals surface area contributed by atoms with Gasteiger partial charge in [-0.3, -0.25) is 4.79 Å². The number of nitrogens with one attached hydrogen (secondary N) is 1. The number of carbonyl (C=O) groups is 1. The minimum Gasteiger partial charge on any atom is -0.463 e. The summed E-state index contributed by atoms with van der Waals surface area (Å²) in [5.41, 5.74) is 1.45. The number of fused-ring (bicyclic) bond motifs is 1. The van der Waals surface area contributed by atoms with Crippen LogP contribution in [0.3, 0.4) is 0 Å². The van der Waals surface area contributed by atoms with E-state index in [9.17, 15) is 4.79 Å². The van der Waals surface area contributed by atoms with Gasteiger partial charge in [-0.05, 0) is 26.0 Å². The van der Waals surface area contributed by atoms with Crippen LogP contribution in [0.1, 0.15) is 23.2 Å². The van der Waals surface area contributed by atoms with Crippen molar-refractivity contribution >= 4 is 29.3 Å². The predicted molar refractivity (Wildman–Crippen MR) is 81.4 cm³/mol. The van der Waals surface area contributed by atoms with E-state index in [1.54, 1.807) is 6.26 Å². The van der Waals surface area contributed by atoms with Crippen molar-refractivity contribution in [2.45, 2.75) is 18.9 Å². The van der Waals surface area contributed by atoms with Gasteiger partial charge in [-0.1, -0.05) is 18.2 Å². The Morgan fingerprint density at radius 2 is 2.00 bits per heavy atom. The van der Waals surface area contributed by atoms with E-state index in [1.165, 1.54) is 0 Å². The third kappa shape index (κ3) is 2.67. The molecule has 5 heteroatoms. The summed E-state index contributed by atoms with van der Waals surface area (Å²) >= 11 is 0. The molecule has 1 N–H and O–H groups in total. The number of rotatable bonds is 2. The molecule has 4 nitrogen and oxygen atoms in total. The lowest BCUT2D eigenvalue weighted by molar-refractivity contribution is 0.0708. The highest BCUT2D eigenvalue weighted by atomic mass is 35.5. The van der Waals surface area contributed by atoms with Gasteiger partial charge in [-0.2, -0.15) is 0 Å². The average Bonchev–Trinajstić information content (AvgIpc) is 2.90. The summed E-state index contributed by atoms with van der Waals surface area (Å²) in [5, 5.41) is 4.18. The number of amides is 1. The monoisotopic (exact) mass is 294 g/mol. The lowest BCUT2D eigenvalue weighted by atomic mass is 10.0. The first-order valence-electron chi connectivity index (χ1n) is 6.72. The molecule has 1 fully saturated rings. The number of furan rings is 1. The third-order valence-corrected chi connectivity index (χ3v) is 3.90. The van der Waals surface area contributed by atoms with Crippen molar-refractivity contribution in [2.75, 3.05) is 20.1 Å². The molecular weight excluding hydrogens is 276 g/mol. The molecule has 0 spiro atoms. The first-order valence-corrected chi connectivity index (χ1v) is 6.72. The zero-order chi connectivity index (χ0) is 13.2.